The summed E-state index contributed by atoms with van der Waals surface area (Å²) in [7, 11) is 0. The number of hydrogen-bond acceptors (Lipinski definition) is 3. The van der Waals surface area contributed by atoms with E-state index in [0.717, 1.165) is 49.5 Å². The second-order valence-corrected chi connectivity index (χ2v) is 5.05. The number of piperidine rings is 1. The predicted octanol–water partition coefficient (Wildman–Crippen LogP) is 1.03. The van der Waals surface area contributed by atoms with Gasteiger partial charge in [0, 0.05) is 25.2 Å². The monoisotopic (exact) mass is 218 g/mol. The maximum absolute atomic E-state index is 9.70. The normalized spacial score (nSPS) is 32.7. The molecule has 86 valence electrons. The van der Waals surface area contributed by atoms with Crippen LogP contribution in [0.4, 0.5) is 0 Å². The molecule has 3 rings (SSSR count). The van der Waals surface area contributed by atoms with E-state index in [2.05, 4.69) is 4.90 Å². The molecule has 2 fully saturated rings. The first kappa shape index (κ1) is 10.1. The molecule has 0 amide bonds. The van der Waals surface area contributed by atoms with Gasteiger partial charge in [-0.2, -0.15) is 0 Å². The number of nitrogens with zero attached hydrogens (tertiary/aromatic N) is 1. The zero-order chi connectivity index (χ0) is 11.1. The molecule has 1 aromatic rings. The summed E-state index contributed by atoms with van der Waals surface area (Å²) in [6, 6.07) is 7.60. The molecule has 0 radical (unpaired) electrons. The number of phenols is 1. The molecule has 1 aliphatic carbocycles. The van der Waals surface area contributed by atoms with Crippen LogP contribution in [0.1, 0.15) is 5.56 Å². The number of aromatic hydroxyl groups is 1. The zero-order valence-corrected chi connectivity index (χ0v) is 9.34. The van der Waals surface area contributed by atoms with E-state index in [-0.39, 0.29) is 0 Å². The van der Waals surface area contributed by atoms with Crippen LogP contribution in [0.15, 0.2) is 24.3 Å². The second-order valence-electron chi connectivity index (χ2n) is 5.05. The van der Waals surface area contributed by atoms with Crippen molar-refractivity contribution in [2.75, 3.05) is 19.6 Å². The Bertz CT molecular complexity index is 381. The van der Waals surface area contributed by atoms with Crippen molar-refractivity contribution in [1.29, 1.82) is 0 Å². The van der Waals surface area contributed by atoms with Crippen LogP contribution in [0.25, 0.3) is 0 Å². The van der Waals surface area contributed by atoms with Crippen LogP contribution in [-0.2, 0) is 6.54 Å². The van der Waals surface area contributed by atoms with E-state index in [1.54, 1.807) is 6.07 Å². The minimum absolute atomic E-state index is 0.415. The number of fused-ring (bicyclic) bond motifs is 1. The highest BCUT2D eigenvalue weighted by molar-refractivity contribution is 5.31. The number of rotatable bonds is 3. The molecule has 2 aliphatic rings. The lowest BCUT2D eigenvalue weighted by atomic mass is 10.2. The molecule has 3 N–H and O–H groups in total. The quantitative estimate of drug-likeness (QED) is 0.796. The van der Waals surface area contributed by atoms with Crippen molar-refractivity contribution in [2.24, 2.45) is 23.5 Å². The Morgan fingerprint density at radius 1 is 1.25 bits per heavy atom. The lowest BCUT2D eigenvalue weighted by Crippen LogP contribution is -2.25. The van der Waals surface area contributed by atoms with Gasteiger partial charge in [0.05, 0.1) is 0 Å². The molecule has 1 saturated carbocycles. The molecule has 0 bridgehead atoms. The topological polar surface area (TPSA) is 49.5 Å². The van der Waals surface area contributed by atoms with Crippen molar-refractivity contribution in [3.05, 3.63) is 29.8 Å². The Morgan fingerprint density at radius 2 is 1.94 bits per heavy atom. The Labute approximate surface area is 95.9 Å². The van der Waals surface area contributed by atoms with E-state index in [1.165, 1.54) is 0 Å². The maximum atomic E-state index is 9.70. The fraction of sp³-hybridized carbons (Fsp3) is 0.538. The summed E-state index contributed by atoms with van der Waals surface area (Å²) >= 11 is 0. The van der Waals surface area contributed by atoms with Gasteiger partial charge in [-0.1, -0.05) is 18.2 Å². The molecule has 0 spiro atoms. The van der Waals surface area contributed by atoms with Crippen LogP contribution in [-0.4, -0.2) is 29.6 Å². The summed E-state index contributed by atoms with van der Waals surface area (Å²) in [4.78, 5) is 2.43. The number of hydrogen-bond donors (Lipinski definition) is 2. The molecule has 16 heavy (non-hydrogen) atoms. The van der Waals surface area contributed by atoms with Crippen LogP contribution in [0.5, 0.6) is 5.75 Å². The third kappa shape index (κ3) is 1.60. The number of likely N-dealkylation sites (tertiary alicyclic amines) is 1. The van der Waals surface area contributed by atoms with E-state index in [1.807, 2.05) is 18.2 Å². The van der Waals surface area contributed by atoms with E-state index < -0.39 is 0 Å². The Morgan fingerprint density at radius 3 is 2.56 bits per heavy atom. The summed E-state index contributed by atoms with van der Waals surface area (Å²) in [6.07, 6.45) is 0. The fourth-order valence-electron chi connectivity index (χ4n) is 3.10. The van der Waals surface area contributed by atoms with Gasteiger partial charge < -0.3 is 10.8 Å². The van der Waals surface area contributed by atoms with Crippen LogP contribution in [0, 0.1) is 17.8 Å². The van der Waals surface area contributed by atoms with Crippen molar-refractivity contribution in [3.63, 3.8) is 0 Å². The number of para-hydroxylation sites is 1. The Balaban J connectivity index is 1.60. The molecule has 2 atom stereocenters. The second kappa shape index (κ2) is 3.75. The minimum atomic E-state index is 0.415. The lowest BCUT2D eigenvalue weighted by Gasteiger charge is -2.19. The zero-order valence-electron chi connectivity index (χ0n) is 9.34. The summed E-state index contributed by atoms with van der Waals surface area (Å²) in [6.45, 7) is 4.03. The van der Waals surface area contributed by atoms with E-state index >= 15 is 0 Å². The smallest absolute Gasteiger partial charge is 0.120 e. The summed E-state index contributed by atoms with van der Waals surface area (Å²) in [5.74, 6) is 2.85. The van der Waals surface area contributed by atoms with E-state index in [9.17, 15) is 5.11 Å². The summed E-state index contributed by atoms with van der Waals surface area (Å²) in [5.41, 5.74) is 6.72. The lowest BCUT2D eigenvalue weighted by molar-refractivity contribution is 0.275. The predicted molar refractivity (Wildman–Crippen MR) is 62.9 cm³/mol. The third-order valence-electron chi connectivity index (χ3n) is 4.10. The molecule has 3 nitrogen and oxygen atoms in total. The molecule has 2 unspecified atom stereocenters. The van der Waals surface area contributed by atoms with Crippen LogP contribution in [0.2, 0.25) is 0 Å². The molecule has 0 aromatic heterocycles. The first-order chi connectivity index (χ1) is 7.79. The molecule has 3 heteroatoms. The van der Waals surface area contributed by atoms with Gasteiger partial charge in [0.25, 0.3) is 0 Å². The van der Waals surface area contributed by atoms with Gasteiger partial charge in [-0.25, -0.2) is 0 Å². The highest BCUT2D eigenvalue weighted by atomic mass is 16.3. The van der Waals surface area contributed by atoms with Crippen molar-refractivity contribution in [2.45, 2.75) is 6.54 Å². The van der Waals surface area contributed by atoms with Crippen LogP contribution < -0.4 is 5.73 Å². The first-order valence-corrected chi connectivity index (χ1v) is 5.99. The van der Waals surface area contributed by atoms with Gasteiger partial charge in [-0.15, -0.1) is 0 Å². The van der Waals surface area contributed by atoms with Crippen molar-refractivity contribution in [1.82, 2.24) is 4.90 Å². The first-order valence-electron chi connectivity index (χ1n) is 5.99. The number of phenolic OH excluding ortho intramolecular Hbond substituents is 1. The molecule has 1 heterocycles. The van der Waals surface area contributed by atoms with E-state index in [4.69, 9.17) is 5.73 Å². The van der Waals surface area contributed by atoms with Crippen LogP contribution >= 0.6 is 0 Å². The van der Waals surface area contributed by atoms with Gasteiger partial charge in [0.2, 0.25) is 0 Å². The van der Waals surface area contributed by atoms with Gasteiger partial charge >= 0.3 is 0 Å². The van der Waals surface area contributed by atoms with Gasteiger partial charge in [-0.3, -0.25) is 4.90 Å². The van der Waals surface area contributed by atoms with Gasteiger partial charge in [-0.05, 0) is 30.4 Å². The average molecular weight is 218 g/mol. The molecular weight excluding hydrogens is 200 g/mol. The largest absolute Gasteiger partial charge is 0.508 e. The number of nitrogens with two attached hydrogens (primary N) is 1. The van der Waals surface area contributed by atoms with Gasteiger partial charge in [0.15, 0.2) is 0 Å². The molecular formula is C13H18N2O. The Hall–Kier alpha value is -1.06. The van der Waals surface area contributed by atoms with E-state index in [0.29, 0.717) is 5.75 Å². The van der Waals surface area contributed by atoms with Crippen molar-refractivity contribution >= 4 is 0 Å². The third-order valence-corrected chi connectivity index (χ3v) is 4.10. The van der Waals surface area contributed by atoms with Crippen molar-refractivity contribution < 1.29 is 5.11 Å². The summed E-state index contributed by atoms with van der Waals surface area (Å²) in [5, 5.41) is 9.70. The number of benzene rings is 1. The minimum Gasteiger partial charge on any atom is -0.508 e. The van der Waals surface area contributed by atoms with Gasteiger partial charge in [0.1, 0.15) is 5.75 Å². The Kier molecular flexibility index (Phi) is 2.37. The summed E-state index contributed by atoms with van der Waals surface area (Å²) < 4.78 is 0. The highest BCUT2D eigenvalue weighted by Gasteiger charge is 2.54. The fourth-order valence-corrected chi connectivity index (χ4v) is 3.10. The van der Waals surface area contributed by atoms with Crippen molar-refractivity contribution in [3.8, 4) is 5.75 Å². The molecule has 1 aromatic carbocycles. The standard InChI is InChI=1S/C13H18N2O/c14-5-10-11-7-15(8-12(10)11)6-9-3-1-2-4-13(9)16/h1-4,10-12,16H,5-8,14H2. The highest BCUT2D eigenvalue weighted by Crippen LogP contribution is 2.51. The molecule has 1 saturated heterocycles. The molecule has 1 aliphatic heterocycles. The SMILES string of the molecule is NCC1C2CN(Cc3ccccc3O)CC12. The average Bonchev–Trinajstić information content (AvgIpc) is 2.76. The van der Waals surface area contributed by atoms with Crippen LogP contribution in [0.3, 0.4) is 0 Å². The maximum Gasteiger partial charge on any atom is 0.120 e.